The lowest BCUT2D eigenvalue weighted by Crippen LogP contribution is -2.28. The lowest BCUT2D eigenvalue weighted by molar-refractivity contribution is 0.0946. The van der Waals surface area contributed by atoms with Gasteiger partial charge in [0.25, 0.3) is 5.91 Å². The van der Waals surface area contributed by atoms with E-state index in [9.17, 15) is 4.79 Å². The average Bonchev–Trinajstić information content (AvgIpc) is 2.54. The highest BCUT2D eigenvalue weighted by Gasteiger charge is 2.06. The van der Waals surface area contributed by atoms with Crippen LogP contribution in [0.3, 0.4) is 0 Å². The number of rotatable bonds is 6. The minimum atomic E-state index is -0.158. The van der Waals surface area contributed by atoms with Crippen molar-refractivity contribution in [1.82, 2.24) is 5.32 Å². The average molecular weight is 320 g/mol. The van der Waals surface area contributed by atoms with E-state index in [0.717, 1.165) is 11.3 Å². The number of carbonyl (C=O) groups excluding carboxylic acids is 1. The zero-order chi connectivity index (χ0) is 15.9. The standard InChI is InChI=1S/C17H18ClNO3/c1-12-10-15(6-7-16(12)18)22-9-8-19-17(20)13-4-3-5-14(11-13)21-2/h3-7,10-11H,8-9H2,1-2H3,(H,19,20). The van der Waals surface area contributed by atoms with Crippen molar-refractivity contribution < 1.29 is 14.3 Å². The molecule has 0 aliphatic carbocycles. The van der Waals surface area contributed by atoms with E-state index in [1.165, 1.54) is 0 Å². The van der Waals surface area contributed by atoms with Gasteiger partial charge in [-0.05, 0) is 48.9 Å². The Labute approximate surface area is 135 Å². The van der Waals surface area contributed by atoms with Gasteiger partial charge in [0, 0.05) is 10.6 Å². The van der Waals surface area contributed by atoms with Crippen molar-refractivity contribution in [3.05, 3.63) is 58.6 Å². The third-order valence-corrected chi connectivity index (χ3v) is 3.54. The molecule has 2 aromatic rings. The lowest BCUT2D eigenvalue weighted by Gasteiger charge is -2.09. The van der Waals surface area contributed by atoms with Gasteiger partial charge in [0.2, 0.25) is 0 Å². The zero-order valence-electron chi connectivity index (χ0n) is 12.6. The Morgan fingerprint density at radius 1 is 1.18 bits per heavy atom. The molecule has 116 valence electrons. The molecule has 0 aromatic heterocycles. The molecule has 0 radical (unpaired) electrons. The number of methoxy groups -OCH3 is 1. The molecule has 0 saturated carbocycles. The Balaban J connectivity index is 1.80. The Morgan fingerprint density at radius 3 is 2.73 bits per heavy atom. The van der Waals surface area contributed by atoms with Crippen LogP contribution in [0.25, 0.3) is 0 Å². The van der Waals surface area contributed by atoms with E-state index in [-0.39, 0.29) is 5.91 Å². The van der Waals surface area contributed by atoms with Crippen LogP contribution in [0.4, 0.5) is 0 Å². The van der Waals surface area contributed by atoms with Gasteiger partial charge in [-0.3, -0.25) is 4.79 Å². The Kier molecular flexibility index (Phi) is 5.67. The molecular formula is C17H18ClNO3. The summed E-state index contributed by atoms with van der Waals surface area (Å²) < 4.78 is 10.7. The van der Waals surface area contributed by atoms with Crippen molar-refractivity contribution in [3.8, 4) is 11.5 Å². The molecule has 0 unspecified atom stereocenters. The van der Waals surface area contributed by atoms with Gasteiger partial charge in [-0.2, -0.15) is 0 Å². The molecule has 4 nitrogen and oxygen atoms in total. The fraction of sp³-hybridized carbons (Fsp3) is 0.235. The highest BCUT2D eigenvalue weighted by atomic mass is 35.5. The highest BCUT2D eigenvalue weighted by molar-refractivity contribution is 6.31. The van der Waals surface area contributed by atoms with Gasteiger partial charge in [-0.25, -0.2) is 0 Å². The van der Waals surface area contributed by atoms with Crippen LogP contribution in [0.15, 0.2) is 42.5 Å². The number of aryl methyl sites for hydroxylation is 1. The maximum atomic E-state index is 12.0. The van der Waals surface area contributed by atoms with Gasteiger partial charge >= 0.3 is 0 Å². The van der Waals surface area contributed by atoms with E-state index in [1.807, 2.05) is 13.0 Å². The summed E-state index contributed by atoms with van der Waals surface area (Å²) in [4.78, 5) is 12.0. The van der Waals surface area contributed by atoms with Crippen LogP contribution in [0.5, 0.6) is 11.5 Å². The van der Waals surface area contributed by atoms with Gasteiger partial charge < -0.3 is 14.8 Å². The van der Waals surface area contributed by atoms with Crippen molar-refractivity contribution in [1.29, 1.82) is 0 Å². The Morgan fingerprint density at radius 2 is 2.00 bits per heavy atom. The van der Waals surface area contributed by atoms with Gasteiger partial charge in [0.15, 0.2) is 0 Å². The zero-order valence-corrected chi connectivity index (χ0v) is 13.3. The van der Waals surface area contributed by atoms with Gasteiger partial charge in [-0.1, -0.05) is 17.7 Å². The molecule has 1 amide bonds. The molecule has 0 aliphatic rings. The molecule has 1 N–H and O–H groups in total. The highest BCUT2D eigenvalue weighted by Crippen LogP contribution is 2.20. The van der Waals surface area contributed by atoms with Gasteiger partial charge in [0.05, 0.1) is 13.7 Å². The molecule has 0 saturated heterocycles. The Hall–Kier alpha value is -2.20. The summed E-state index contributed by atoms with van der Waals surface area (Å²) in [6.07, 6.45) is 0. The third kappa shape index (κ3) is 4.40. The fourth-order valence-electron chi connectivity index (χ4n) is 1.91. The molecule has 0 heterocycles. The first-order chi connectivity index (χ1) is 10.6. The van der Waals surface area contributed by atoms with E-state index < -0.39 is 0 Å². The van der Waals surface area contributed by atoms with Crippen molar-refractivity contribution in [2.75, 3.05) is 20.3 Å². The molecule has 0 bridgehead atoms. The number of amides is 1. The van der Waals surface area contributed by atoms with E-state index in [4.69, 9.17) is 21.1 Å². The van der Waals surface area contributed by atoms with Crippen LogP contribution < -0.4 is 14.8 Å². The SMILES string of the molecule is COc1cccc(C(=O)NCCOc2ccc(Cl)c(C)c2)c1. The van der Waals surface area contributed by atoms with Gasteiger partial charge in [-0.15, -0.1) is 0 Å². The number of ether oxygens (including phenoxy) is 2. The lowest BCUT2D eigenvalue weighted by atomic mass is 10.2. The summed E-state index contributed by atoms with van der Waals surface area (Å²) >= 11 is 5.95. The van der Waals surface area contributed by atoms with Gasteiger partial charge in [0.1, 0.15) is 18.1 Å². The molecule has 5 heteroatoms. The third-order valence-electron chi connectivity index (χ3n) is 3.12. The molecular weight excluding hydrogens is 302 g/mol. The minimum absolute atomic E-state index is 0.158. The summed E-state index contributed by atoms with van der Waals surface area (Å²) in [5, 5.41) is 3.51. The topological polar surface area (TPSA) is 47.6 Å². The summed E-state index contributed by atoms with van der Waals surface area (Å²) in [7, 11) is 1.57. The summed E-state index contributed by atoms with van der Waals surface area (Å²) in [5.74, 6) is 1.23. The molecule has 2 rings (SSSR count). The van der Waals surface area contributed by atoms with Crippen LogP contribution in [0.1, 0.15) is 15.9 Å². The van der Waals surface area contributed by atoms with E-state index in [1.54, 1.807) is 43.5 Å². The van der Waals surface area contributed by atoms with Crippen molar-refractivity contribution >= 4 is 17.5 Å². The first-order valence-electron chi connectivity index (χ1n) is 6.91. The fourth-order valence-corrected chi connectivity index (χ4v) is 2.02. The van der Waals surface area contributed by atoms with Crippen LogP contribution >= 0.6 is 11.6 Å². The largest absolute Gasteiger partial charge is 0.497 e. The minimum Gasteiger partial charge on any atom is -0.497 e. The van der Waals surface area contributed by atoms with E-state index in [0.29, 0.717) is 29.5 Å². The predicted octanol–water partition coefficient (Wildman–Crippen LogP) is 3.47. The second-order valence-electron chi connectivity index (χ2n) is 4.75. The molecule has 0 atom stereocenters. The van der Waals surface area contributed by atoms with Crippen molar-refractivity contribution in [3.63, 3.8) is 0 Å². The molecule has 2 aromatic carbocycles. The first-order valence-corrected chi connectivity index (χ1v) is 7.29. The molecule has 22 heavy (non-hydrogen) atoms. The second-order valence-corrected chi connectivity index (χ2v) is 5.15. The number of hydrogen-bond acceptors (Lipinski definition) is 3. The van der Waals surface area contributed by atoms with Crippen LogP contribution in [-0.4, -0.2) is 26.2 Å². The van der Waals surface area contributed by atoms with Crippen LogP contribution in [0.2, 0.25) is 5.02 Å². The smallest absolute Gasteiger partial charge is 0.251 e. The van der Waals surface area contributed by atoms with Crippen LogP contribution in [-0.2, 0) is 0 Å². The van der Waals surface area contributed by atoms with Crippen molar-refractivity contribution in [2.45, 2.75) is 6.92 Å². The quantitative estimate of drug-likeness (QED) is 0.829. The van der Waals surface area contributed by atoms with Crippen LogP contribution in [0, 0.1) is 6.92 Å². The predicted molar refractivity (Wildman–Crippen MR) is 87.0 cm³/mol. The molecule has 0 spiro atoms. The normalized spacial score (nSPS) is 10.1. The van der Waals surface area contributed by atoms with E-state index in [2.05, 4.69) is 5.32 Å². The number of nitrogens with one attached hydrogen (secondary N) is 1. The molecule has 0 fully saturated rings. The number of carbonyl (C=O) groups is 1. The first kappa shape index (κ1) is 16.2. The molecule has 0 aliphatic heterocycles. The number of hydrogen-bond donors (Lipinski definition) is 1. The number of halogens is 1. The summed E-state index contributed by atoms with van der Waals surface area (Å²) in [6.45, 7) is 2.72. The summed E-state index contributed by atoms with van der Waals surface area (Å²) in [6, 6.07) is 12.5. The maximum absolute atomic E-state index is 12.0. The Bertz CT molecular complexity index is 658. The van der Waals surface area contributed by atoms with E-state index >= 15 is 0 Å². The van der Waals surface area contributed by atoms with Crippen molar-refractivity contribution in [2.24, 2.45) is 0 Å². The maximum Gasteiger partial charge on any atom is 0.251 e. The summed E-state index contributed by atoms with van der Waals surface area (Å²) in [5.41, 5.74) is 1.52. The monoisotopic (exact) mass is 319 g/mol. The number of benzene rings is 2. The second kappa shape index (κ2) is 7.71.